The number of nitrogens with one attached hydrogen (secondary N) is 2. The molecule has 0 unspecified atom stereocenters. The molecule has 0 spiro atoms. The second kappa shape index (κ2) is 10.0. The second-order valence-electron chi connectivity index (χ2n) is 7.44. The molecule has 4 rings (SSSR count). The molecule has 0 saturated carbocycles. The summed E-state index contributed by atoms with van der Waals surface area (Å²) in [5.41, 5.74) is 2.40. The van der Waals surface area contributed by atoms with Crippen LogP contribution < -0.4 is 5.32 Å². The highest BCUT2D eigenvalue weighted by Gasteiger charge is 2.20. The van der Waals surface area contributed by atoms with E-state index in [1.807, 2.05) is 36.4 Å². The maximum Gasteiger partial charge on any atom is 0.254 e. The molecule has 0 atom stereocenters. The van der Waals surface area contributed by atoms with E-state index in [4.69, 9.17) is 0 Å². The SMILES string of the molecule is CN(CC(=O)Nc1ccc(F)c(F)c1F)C(=O)c1ccccc1CSc1nc2ccccc2[nH]1. The summed E-state index contributed by atoms with van der Waals surface area (Å²) in [6.07, 6.45) is 0. The van der Waals surface area contributed by atoms with Crippen LogP contribution in [0.4, 0.5) is 18.9 Å². The number of halogens is 3. The van der Waals surface area contributed by atoms with Crippen molar-refractivity contribution >= 4 is 40.3 Å². The zero-order chi connectivity index (χ0) is 24.2. The third kappa shape index (κ3) is 5.07. The van der Waals surface area contributed by atoms with Crippen LogP contribution in [-0.2, 0) is 10.5 Å². The lowest BCUT2D eigenvalue weighted by Gasteiger charge is -2.19. The summed E-state index contributed by atoms with van der Waals surface area (Å²) in [5, 5.41) is 2.87. The van der Waals surface area contributed by atoms with Gasteiger partial charge in [-0.2, -0.15) is 0 Å². The van der Waals surface area contributed by atoms with Gasteiger partial charge in [0.2, 0.25) is 5.91 Å². The number of carbonyl (C=O) groups is 2. The molecule has 2 N–H and O–H groups in total. The molecule has 0 saturated heterocycles. The summed E-state index contributed by atoms with van der Waals surface area (Å²) in [5.74, 6) is -5.26. The predicted octanol–water partition coefficient (Wildman–Crippen LogP) is 4.98. The summed E-state index contributed by atoms with van der Waals surface area (Å²) in [6, 6.07) is 16.3. The average Bonchev–Trinajstić information content (AvgIpc) is 3.26. The first kappa shape index (κ1) is 23.4. The van der Waals surface area contributed by atoms with Crippen LogP contribution in [0, 0.1) is 17.5 Å². The monoisotopic (exact) mass is 484 g/mol. The molecule has 1 aromatic heterocycles. The highest BCUT2D eigenvalue weighted by atomic mass is 32.2. The van der Waals surface area contributed by atoms with E-state index >= 15 is 0 Å². The second-order valence-corrected chi connectivity index (χ2v) is 8.40. The number of imidazole rings is 1. The molecule has 0 aliphatic heterocycles. The maximum absolute atomic E-state index is 13.8. The van der Waals surface area contributed by atoms with Gasteiger partial charge in [-0.15, -0.1) is 0 Å². The van der Waals surface area contributed by atoms with Gasteiger partial charge in [-0.3, -0.25) is 9.59 Å². The molecular weight excluding hydrogens is 465 g/mol. The number of hydrogen-bond acceptors (Lipinski definition) is 4. The van der Waals surface area contributed by atoms with Crippen molar-refractivity contribution in [3.8, 4) is 0 Å². The molecule has 0 bridgehead atoms. The number of anilines is 1. The highest BCUT2D eigenvalue weighted by Crippen LogP contribution is 2.25. The summed E-state index contributed by atoms with van der Waals surface area (Å²) < 4.78 is 40.3. The molecule has 2 amide bonds. The molecule has 0 aliphatic rings. The molecule has 0 fully saturated rings. The first-order chi connectivity index (χ1) is 16.3. The van der Waals surface area contributed by atoms with Crippen molar-refractivity contribution in [3.63, 3.8) is 0 Å². The molecule has 4 aromatic rings. The van der Waals surface area contributed by atoms with Gasteiger partial charge in [0.05, 0.1) is 23.3 Å². The first-order valence-electron chi connectivity index (χ1n) is 10.2. The summed E-state index contributed by atoms with van der Waals surface area (Å²) in [7, 11) is 1.42. The van der Waals surface area contributed by atoms with Gasteiger partial charge in [0.15, 0.2) is 22.6 Å². The van der Waals surface area contributed by atoms with E-state index in [-0.39, 0.29) is 0 Å². The smallest absolute Gasteiger partial charge is 0.254 e. The molecule has 0 aliphatic carbocycles. The molecule has 3 aromatic carbocycles. The van der Waals surface area contributed by atoms with Crippen LogP contribution in [0.2, 0.25) is 0 Å². The number of aromatic amines is 1. The number of amides is 2. The Morgan fingerprint density at radius 1 is 1.00 bits per heavy atom. The van der Waals surface area contributed by atoms with Gasteiger partial charge in [0.1, 0.15) is 0 Å². The van der Waals surface area contributed by atoms with Crippen molar-refractivity contribution in [1.29, 1.82) is 0 Å². The largest absolute Gasteiger partial charge is 0.333 e. The number of H-pyrrole nitrogens is 1. The third-order valence-electron chi connectivity index (χ3n) is 5.02. The molecule has 10 heteroatoms. The minimum atomic E-state index is -1.68. The zero-order valence-electron chi connectivity index (χ0n) is 17.9. The average molecular weight is 485 g/mol. The fraction of sp³-hybridized carbons (Fsp3) is 0.125. The standard InChI is InChI=1S/C24H19F3N4O2S/c1-31(12-20(32)28-19-11-10-16(25)21(26)22(19)27)23(33)15-7-3-2-6-14(15)13-34-24-29-17-8-4-5-9-18(17)30-24/h2-11H,12-13H2,1H3,(H,28,32)(H,29,30). The van der Waals surface area contributed by atoms with E-state index in [0.717, 1.165) is 27.6 Å². The van der Waals surface area contributed by atoms with E-state index in [2.05, 4.69) is 15.3 Å². The summed E-state index contributed by atoms with van der Waals surface area (Å²) in [6.45, 7) is -0.414. The van der Waals surface area contributed by atoms with E-state index in [1.165, 1.54) is 18.8 Å². The van der Waals surface area contributed by atoms with Crippen LogP contribution in [0.3, 0.4) is 0 Å². The molecule has 174 valence electrons. The van der Waals surface area contributed by atoms with Gasteiger partial charge in [-0.25, -0.2) is 18.2 Å². The minimum Gasteiger partial charge on any atom is -0.333 e. The Morgan fingerprint density at radius 2 is 1.74 bits per heavy atom. The number of fused-ring (bicyclic) bond motifs is 1. The number of likely N-dealkylation sites (N-methyl/N-ethyl adjacent to an activating group) is 1. The lowest BCUT2D eigenvalue weighted by Crippen LogP contribution is -2.35. The Morgan fingerprint density at radius 3 is 2.53 bits per heavy atom. The summed E-state index contributed by atoms with van der Waals surface area (Å²) >= 11 is 1.44. The number of para-hydroxylation sites is 2. The van der Waals surface area contributed by atoms with Crippen molar-refractivity contribution < 1.29 is 22.8 Å². The van der Waals surface area contributed by atoms with Crippen LogP contribution in [0.1, 0.15) is 15.9 Å². The Labute approximate surface area is 197 Å². The normalized spacial score (nSPS) is 10.9. The Kier molecular flexibility index (Phi) is 6.87. The molecule has 6 nitrogen and oxygen atoms in total. The highest BCUT2D eigenvalue weighted by molar-refractivity contribution is 7.98. The quantitative estimate of drug-likeness (QED) is 0.286. The lowest BCUT2D eigenvalue weighted by atomic mass is 10.1. The Balaban J connectivity index is 1.42. The van der Waals surface area contributed by atoms with Crippen molar-refractivity contribution in [2.24, 2.45) is 0 Å². The van der Waals surface area contributed by atoms with Gasteiger partial charge in [-0.05, 0) is 35.9 Å². The molecule has 34 heavy (non-hydrogen) atoms. The number of thioether (sulfide) groups is 1. The van der Waals surface area contributed by atoms with Gasteiger partial charge in [0, 0.05) is 18.4 Å². The maximum atomic E-state index is 13.8. The van der Waals surface area contributed by atoms with Crippen LogP contribution in [-0.4, -0.2) is 40.3 Å². The number of hydrogen-bond donors (Lipinski definition) is 2. The topological polar surface area (TPSA) is 78.1 Å². The molecular formula is C24H19F3N4O2S. The van der Waals surface area contributed by atoms with Gasteiger partial charge >= 0.3 is 0 Å². The van der Waals surface area contributed by atoms with Gasteiger partial charge < -0.3 is 15.2 Å². The number of carbonyl (C=O) groups excluding carboxylic acids is 2. The fourth-order valence-electron chi connectivity index (χ4n) is 3.30. The lowest BCUT2D eigenvalue weighted by molar-refractivity contribution is -0.116. The number of aromatic nitrogens is 2. The van der Waals surface area contributed by atoms with Gasteiger partial charge in [-0.1, -0.05) is 42.1 Å². The predicted molar refractivity (Wildman–Crippen MR) is 124 cm³/mol. The van der Waals surface area contributed by atoms with Crippen molar-refractivity contribution in [2.75, 3.05) is 18.9 Å². The number of benzene rings is 3. The van der Waals surface area contributed by atoms with E-state index in [1.54, 1.807) is 12.1 Å². The van der Waals surface area contributed by atoms with E-state index in [9.17, 15) is 22.8 Å². The van der Waals surface area contributed by atoms with Crippen LogP contribution >= 0.6 is 11.8 Å². The van der Waals surface area contributed by atoms with Crippen molar-refractivity contribution in [1.82, 2.24) is 14.9 Å². The van der Waals surface area contributed by atoms with Crippen molar-refractivity contribution in [3.05, 3.63) is 89.2 Å². The summed E-state index contributed by atoms with van der Waals surface area (Å²) in [4.78, 5) is 34.2. The van der Waals surface area contributed by atoms with E-state index < -0.39 is 41.5 Å². The molecule has 0 radical (unpaired) electrons. The van der Waals surface area contributed by atoms with Gasteiger partial charge in [0.25, 0.3) is 5.91 Å². The first-order valence-corrected chi connectivity index (χ1v) is 11.2. The molecule has 1 heterocycles. The van der Waals surface area contributed by atoms with Crippen molar-refractivity contribution in [2.45, 2.75) is 10.9 Å². The third-order valence-corrected chi connectivity index (χ3v) is 5.94. The zero-order valence-corrected chi connectivity index (χ0v) is 18.8. The minimum absolute atomic E-state index is 0.403. The van der Waals surface area contributed by atoms with Crippen LogP contribution in [0.5, 0.6) is 0 Å². The fourth-order valence-corrected chi connectivity index (χ4v) is 4.19. The van der Waals surface area contributed by atoms with Crippen LogP contribution in [0.15, 0.2) is 65.8 Å². The Hall–Kier alpha value is -3.79. The number of rotatable bonds is 7. The van der Waals surface area contributed by atoms with E-state index in [0.29, 0.717) is 22.5 Å². The number of nitrogens with zero attached hydrogens (tertiary/aromatic N) is 2. The Bertz CT molecular complexity index is 1340. The van der Waals surface area contributed by atoms with Crippen LogP contribution in [0.25, 0.3) is 11.0 Å².